The van der Waals surface area contributed by atoms with Gasteiger partial charge in [-0.2, -0.15) is 0 Å². The first-order chi connectivity index (χ1) is 12.9. The number of benzene rings is 2. The number of carbonyl (C=O) groups excluding carboxylic acids is 2. The zero-order valence-electron chi connectivity index (χ0n) is 15.2. The molecule has 2 rings (SSSR count). The van der Waals surface area contributed by atoms with Crippen molar-refractivity contribution in [3.63, 3.8) is 0 Å². The number of nitrogens with one attached hydrogen (secondary N) is 1. The highest BCUT2D eigenvalue weighted by Crippen LogP contribution is 2.29. The van der Waals surface area contributed by atoms with Crippen molar-refractivity contribution in [1.82, 2.24) is 0 Å². The number of methoxy groups -OCH3 is 1. The minimum atomic E-state index is -0.548. The topological polar surface area (TPSA) is 102 Å². The van der Waals surface area contributed by atoms with Crippen LogP contribution in [-0.4, -0.2) is 30.9 Å². The van der Waals surface area contributed by atoms with Crippen LogP contribution < -0.4 is 15.0 Å². The normalized spacial score (nSPS) is 10.1. The number of amides is 2. The molecule has 2 amide bonds. The van der Waals surface area contributed by atoms with E-state index in [1.807, 2.05) is 30.3 Å². The number of carbonyl (C=O) groups is 2. The summed E-state index contributed by atoms with van der Waals surface area (Å²) in [4.78, 5) is 36.2. The minimum Gasteiger partial charge on any atom is -0.495 e. The van der Waals surface area contributed by atoms with E-state index in [4.69, 9.17) is 4.74 Å². The van der Waals surface area contributed by atoms with Gasteiger partial charge in [-0.05, 0) is 24.6 Å². The zero-order valence-corrected chi connectivity index (χ0v) is 15.2. The maximum absolute atomic E-state index is 12.2. The van der Waals surface area contributed by atoms with E-state index in [-0.39, 0.29) is 36.0 Å². The second-order valence-corrected chi connectivity index (χ2v) is 5.83. The molecule has 0 aliphatic heterocycles. The minimum absolute atomic E-state index is 0.0954. The molecule has 27 heavy (non-hydrogen) atoms. The average molecular weight is 371 g/mol. The Hall–Kier alpha value is -3.42. The van der Waals surface area contributed by atoms with E-state index in [0.717, 1.165) is 5.69 Å². The molecule has 0 saturated carbocycles. The van der Waals surface area contributed by atoms with Crippen molar-refractivity contribution >= 4 is 28.9 Å². The van der Waals surface area contributed by atoms with E-state index in [1.165, 1.54) is 25.3 Å². The molecule has 0 heterocycles. The summed E-state index contributed by atoms with van der Waals surface area (Å²) in [6, 6.07) is 13.2. The first kappa shape index (κ1) is 19.9. The number of rotatable bonds is 8. The van der Waals surface area contributed by atoms with Gasteiger partial charge in [0.05, 0.1) is 17.7 Å². The van der Waals surface area contributed by atoms with Crippen molar-refractivity contribution in [2.45, 2.75) is 19.3 Å². The number of nitro benzene ring substituents is 1. The van der Waals surface area contributed by atoms with Gasteiger partial charge >= 0.3 is 0 Å². The number of ether oxygens (including phenoxy) is 1. The van der Waals surface area contributed by atoms with Crippen LogP contribution >= 0.6 is 0 Å². The Balaban J connectivity index is 1.88. The van der Waals surface area contributed by atoms with Crippen molar-refractivity contribution in [1.29, 1.82) is 0 Å². The van der Waals surface area contributed by atoms with E-state index in [9.17, 15) is 19.7 Å². The Morgan fingerprint density at radius 1 is 1.15 bits per heavy atom. The van der Waals surface area contributed by atoms with Gasteiger partial charge in [-0.1, -0.05) is 18.2 Å². The molecule has 0 aliphatic rings. The van der Waals surface area contributed by atoms with Crippen molar-refractivity contribution in [2.75, 3.05) is 24.4 Å². The van der Waals surface area contributed by atoms with Crippen LogP contribution in [0, 0.1) is 10.1 Å². The zero-order chi connectivity index (χ0) is 19.8. The molecular weight excluding hydrogens is 350 g/mol. The highest BCUT2D eigenvalue weighted by Gasteiger charge is 2.15. The predicted molar refractivity (Wildman–Crippen MR) is 102 cm³/mol. The summed E-state index contributed by atoms with van der Waals surface area (Å²) in [7, 11) is 3.10. The van der Waals surface area contributed by atoms with E-state index in [2.05, 4.69) is 5.32 Å². The molecule has 0 aliphatic carbocycles. The summed E-state index contributed by atoms with van der Waals surface area (Å²) in [6.45, 7) is 0. The summed E-state index contributed by atoms with van der Waals surface area (Å²) in [5, 5.41) is 13.5. The second kappa shape index (κ2) is 9.33. The van der Waals surface area contributed by atoms with Crippen molar-refractivity contribution in [3.8, 4) is 5.75 Å². The molecule has 142 valence electrons. The number of para-hydroxylation sites is 1. The number of hydrogen-bond acceptors (Lipinski definition) is 5. The molecule has 1 N–H and O–H groups in total. The maximum atomic E-state index is 12.2. The predicted octanol–water partition coefficient (Wildman–Crippen LogP) is 3.38. The summed E-state index contributed by atoms with van der Waals surface area (Å²) in [6.07, 6.45) is 0.685. The lowest BCUT2D eigenvalue weighted by atomic mass is 10.2. The third-order valence-corrected chi connectivity index (χ3v) is 3.98. The van der Waals surface area contributed by atoms with Gasteiger partial charge in [0.2, 0.25) is 11.8 Å². The molecule has 0 fully saturated rings. The van der Waals surface area contributed by atoms with Crippen LogP contribution in [0.25, 0.3) is 0 Å². The first-order valence-corrected chi connectivity index (χ1v) is 8.36. The molecule has 0 spiro atoms. The largest absolute Gasteiger partial charge is 0.495 e. The van der Waals surface area contributed by atoms with Crippen LogP contribution in [0.1, 0.15) is 19.3 Å². The number of anilines is 2. The van der Waals surface area contributed by atoms with Gasteiger partial charge in [0.1, 0.15) is 5.75 Å². The summed E-state index contributed by atoms with van der Waals surface area (Å²) in [5.74, 6) is -0.111. The van der Waals surface area contributed by atoms with Crippen LogP contribution in [0.15, 0.2) is 48.5 Å². The van der Waals surface area contributed by atoms with Crippen molar-refractivity contribution in [3.05, 3.63) is 58.6 Å². The summed E-state index contributed by atoms with van der Waals surface area (Å²) in [5.41, 5.74) is 0.864. The summed E-state index contributed by atoms with van der Waals surface area (Å²) >= 11 is 0. The fourth-order valence-corrected chi connectivity index (χ4v) is 2.48. The lowest BCUT2D eigenvalue weighted by Crippen LogP contribution is -2.26. The smallest absolute Gasteiger partial charge is 0.271 e. The molecule has 0 unspecified atom stereocenters. The van der Waals surface area contributed by atoms with Gasteiger partial charge in [-0.15, -0.1) is 0 Å². The second-order valence-electron chi connectivity index (χ2n) is 5.83. The van der Waals surface area contributed by atoms with Gasteiger partial charge < -0.3 is 15.0 Å². The molecule has 0 atom stereocenters. The van der Waals surface area contributed by atoms with Gasteiger partial charge in [-0.25, -0.2) is 0 Å². The highest BCUT2D eigenvalue weighted by atomic mass is 16.6. The van der Waals surface area contributed by atoms with Gasteiger partial charge in [-0.3, -0.25) is 19.7 Å². The fourth-order valence-electron chi connectivity index (χ4n) is 2.48. The Morgan fingerprint density at radius 3 is 2.48 bits per heavy atom. The average Bonchev–Trinajstić information content (AvgIpc) is 2.67. The van der Waals surface area contributed by atoms with Gasteiger partial charge in [0, 0.05) is 37.7 Å². The number of hydrogen-bond donors (Lipinski definition) is 1. The Morgan fingerprint density at radius 2 is 1.85 bits per heavy atom. The SMILES string of the molecule is COc1ccc([N+](=O)[O-])cc1NC(=O)CCCC(=O)N(C)c1ccccc1. The molecule has 2 aromatic carbocycles. The van der Waals surface area contributed by atoms with E-state index in [0.29, 0.717) is 12.2 Å². The molecule has 8 heteroatoms. The quantitative estimate of drug-likeness (QED) is 0.566. The van der Waals surface area contributed by atoms with E-state index < -0.39 is 4.92 Å². The molecule has 0 radical (unpaired) electrons. The number of nitrogens with zero attached hydrogens (tertiary/aromatic N) is 2. The first-order valence-electron chi connectivity index (χ1n) is 8.36. The Kier molecular flexibility index (Phi) is 6.87. The lowest BCUT2D eigenvalue weighted by Gasteiger charge is -2.17. The Labute approximate surface area is 156 Å². The molecule has 0 aromatic heterocycles. The van der Waals surface area contributed by atoms with E-state index >= 15 is 0 Å². The lowest BCUT2D eigenvalue weighted by molar-refractivity contribution is -0.384. The number of non-ortho nitro benzene ring substituents is 1. The summed E-state index contributed by atoms with van der Waals surface area (Å²) < 4.78 is 5.11. The monoisotopic (exact) mass is 371 g/mol. The van der Waals surface area contributed by atoms with Crippen LogP contribution in [0.2, 0.25) is 0 Å². The maximum Gasteiger partial charge on any atom is 0.271 e. The van der Waals surface area contributed by atoms with Crippen LogP contribution in [0.4, 0.5) is 17.1 Å². The Bertz CT molecular complexity index is 823. The molecular formula is C19H21N3O5. The molecule has 8 nitrogen and oxygen atoms in total. The van der Waals surface area contributed by atoms with Crippen molar-refractivity contribution in [2.24, 2.45) is 0 Å². The van der Waals surface area contributed by atoms with Crippen molar-refractivity contribution < 1.29 is 19.2 Å². The van der Waals surface area contributed by atoms with Crippen LogP contribution in [0.5, 0.6) is 5.75 Å². The van der Waals surface area contributed by atoms with Gasteiger partial charge in [0.25, 0.3) is 5.69 Å². The van der Waals surface area contributed by atoms with E-state index in [1.54, 1.807) is 11.9 Å². The van der Waals surface area contributed by atoms with Crippen LogP contribution in [-0.2, 0) is 9.59 Å². The third-order valence-electron chi connectivity index (χ3n) is 3.98. The number of nitro groups is 1. The third kappa shape index (κ3) is 5.53. The molecule has 0 bridgehead atoms. The standard InChI is InChI=1S/C19H21N3O5/c1-21(14-7-4-3-5-8-14)19(24)10-6-9-18(23)20-16-13-15(22(25)26)11-12-17(16)27-2/h3-5,7-8,11-13H,6,9-10H2,1-2H3,(H,20,23). The highest BCUT2D eigenvalue weighted by molar-refractivity contribution is 5.95. The molecule has 0 saturated heterocycles. The van der Waals surface area contributed by atoms with Gasteiger partial charge in [0.15, 0.2) is 0 Å². The van der Waals surface area contributed by atoms with Crippen LogP contribution in [0.3, 0.4) is 0 Å². The fraction of sp³-hybridized carbons (Fsp3) is 0.263. The molecule has 2 aromatic rings.